The van der Waals surface area contributed by atoms with Crippen LogP contribution in [0.1, 0.15) is 5.56 Å². The van der Waals surface area contributed by atoms with Gasteiger partial charge < -0.3 is 9.63 Å². The van der Waals surface area contributed by atoms with Crippen LogP contribution < -0.4 is 0 Å². The number of aromatic nitrogens is 6. The van der Waals surface area contributed by atoms with Gasteiger partial charge >= 0.3 is 0 Å². The van der Waals surface area contributed by atoms with Crippen LogP contribution >= 0.6 is 0 Å². The molecule has 0 aliphatic heterocycles. The van der Waals surface area contributed by atoms with E-state index in [1.165, 1.54) is 17.1 Å². The van der Waals surface area contributed by atoms with Crippen molar-refractivity contribution in [2.45, 2.75) is 6.54 Å². The average molecular weight is 356 g/mol. The molecule has 8 nitrogen and oxygen atoms in total. The molecule has 4 aromatic rings. The summed E-state index contributed by atoms with van der Waals surface area (Å²) >= 11 is 0. The Kier molecular flexibility index (Phi) is 3.84. The highest BCUT2D eigenvalue weighted by Crippen LogP contribution is 2.25. The Morgan fingerprint density at radius 3 is 2.77 bits per heavy atom. The van der Waals surface area contributed by atoms with Gasteiger partial charge in [-0.25, -0.2) is 9.97 Å². The van der Waals surface area contributed by atoms with E-state index in [-0.39, 0.29) is 18.1 Å². The molecular weight excluding hydrogens is 346 g/mol. The molecule has 0 amide bonds. The third-order valence-corrected chi connectivity index (χ3v) is 3.59. The molecule has 26 heavy (non-hydrogen) atoms. The predicted molar refractivity (Wildman–Crippen MR) is 83.7 cm³/mol. The minimum atomic E-state index is -0.942. The maximum Gasteiger partial charge on any atom is 0.251 e. The summed E-state index contributed by atoms with van der Waals surface area (Å²) in [5.74, 6) is -2.33. The molecule has 1 N–H and O–H groups in total. The molecule has 4 rings (SSSR count). The highest BCUT2D eigenvalue weighted by molar-refractivity contribution is 5.62. The van der Waals surface area contributed by atoms with Crippen LogP contribution in [0.25, 0.3) is 22.9 Å². The van der Waals surface area contributed by atoms with Gasteiger partial charge in [0, 0.05) is 17.8 Å². The van der Waals surface area contributed by atoms with Gasteiger partial charge in [-0.05, 0) is 12.1 Å². The Bertz CT molecular complexity index is 1060. The van der Waals surface area contributed by atoms with Gasteiger partial charge in [-0.2, -0.15) is 18.9 Å². The minimum Gasteiger partial charge on any atom is -0.491 e. The van der Waals surface area contributed by atoms with Crippen molar-refractivity contribution in [3.8, 4) is 28.8 Å². The first-order valence-electron chi connectivity index (χ1n) is 7.41. The molecule has 4 aromatic heterocycles. The van der Waals surface area contributed by atoms with E-state index in [0.717, 1.165) is 6.20 Å². The van der Waals surface area contributed by atoms with E-state index in [0.29, 0.717) is 17.0 Å². The Labute approximate surface area is 144 Å². The lowest BCUT2D eigenvalue weighted by Crippen LogP contribution is -2.07. The summed E-state index contributed by atoms with van der Waals surface area (Å²) in [5.41, 5.74) is 1.53. The van der Waals surface area contributed by atoms with Gasteiger partial charge in [-0.15, -0.1) is 0 Å². The smallest absolute Gasteiger partial charge is 0.251 e. The number of rotatable bonds is 4. The highest BCUT2D eigenvalue weighted by atomic mass is 19.1. The van der Waals surface area contributed by atoms with Crippen LogP contribution in [0, 0.1) is 11.8 Å². The summed E-state index contributed by atoms with van der Waals surface area (Å²) in [5, 5.41) is 17.6. The summed E-state index contributed by atoms with van der Waals surface area (Å²) in [6.07, 6.45) is 3.57. The van der Waals surface area contributed by atoms with Gasteiger partial charge in [0.05, 0.1) is 18.4 Å². The standard InChI is InChI=1S/C16H10F2N6O2/c17-10-7-20-15(21-16(10)25)12-6-13(11-3-5-26-23-11)24(22-12)8-9-2-1-4-19-14(9)18/h1-7H,8H2,(H,20,21,25). The molecule has 0 saturated carbocycles. The fourth-order valence-corrected chi connectivity index (χ4v) is 2.38. The zero-order chi connectivity index (χ0) is 18.1. The molecule has 0 saturated heterocycles. The Morgan fingerprint density at radius 2 is 2.04 bits per heavy atom. The van der Waals surface area contributed by atoms with E-state index in [4.69, 9.17) is 4.52 Å². The molecule has 4 heterocycles. The van der Waals surface area contributed by atoms with Gasteiger partial charge in [0.1, 0.15) is 17.7 Å². The second-order valence-corrected chi connectivity index (χ2v) is 5.28. The van der Waals surface area contributed by atoms with Crippen LogP contribution in [0.5, 0.6) is 5.88 Å². The van der Waals surface area contributed by atoms with Crippen molar-refractivity contribution < 1.29 is 18.4 Å². The van der Waals surface area contributed by atoms with Gasteiger partial charge in [0.25, 0.3) is 5.88 Å². The second-order valence-electron chi connectivity index (χ2n) is 5.28. The fourth-order valence-electron chi connectivity index (χ4n) is 2.38. The van der Waals surface area contributed by atoms with Crippen molar-refractivity contribution in [2.24, 2.45) is 0 Å². The van der Waals surface area contributed by atoms with Crippen molar-refractivity contribution >= 4 is 0 Å². The van der Waals surface area contributed by atoms with E-state index in [1.807, 2.05) is 0 Å². The van der Waals surface area contributed by atoms with E-state index >= 15 is 0 Å². The molecule has 0 aliphatic rings. The lowest BCUT2D eigenvalue weighted by Gasteiger charge is -2.06. The lowest BCUT2D eigenvalue weighted by atomic mass is 10.2. The minimum absolute atomic E-state index is 0.0130. The lowest BCUT2D eigenvalue weighted by molar-refractivity contribution is 0.409. The fraction of sp³-hybridized carbons (Fsp3) is 0.0625. The number of aromatic hydroxyl groups is 1. The zero-order valence-corrected chi connectivity index (χ0v) is 13.0. The van der Waals surface area contributed by atoms with Crippen molar-refractivity contribution in [3.05, 3.63) is 60.3 Å². The SMILES string of the molecule is Oc1nc(-c2cc(-c3ccon3)n(Cc3cccnc3F)n2)ncc1F. The Balaban J connectivity index is 1.80. The van der Waals surface area contributed by atoms with Crippen LogP contribution in [0.15, 0.2) is 47.4 Å². The van der Waals surface area contributed by atoms with Gasteiger partial charge in [-0.3, -0.25) is 4.68 Å². The number of hydrogen-bond acceptors (Lipinski definition) is 7. The van der Waals surface area contributed by atoms with E-state index < -0.39 is 17.6 Å². The summed E-state index contributed by atoms with van der Waals surface area (Å²) < 4.78 is 33.4. The normalized spacial score (nSPS) is 11.0. The molecule has 0 fully saturated rings. The zero-order valence-electron chi connectivity index (χ0n) is 13.0. The second kappa shape index (κ2) is 6.31. The molecule has 0 spiro atoms. The van der Waals surface area contributed by atoms with Gasteiger partial charge in [-0.1, -0.05) is 11.2 Å². The van der Waals surface area contributed by atoms with Gasteiger partial charge in [0.2, 0.25) is 11.8 Å². The van der Waals surface area contributed by atoms with Crippen molar-refractivity contribution in [1.29, 1.82) is 0 Å². The average Bonchev–Trinajstić information content (AvgIpc) is 3.29. The van der Waals surface area contributed by atoms with Gasteiger partial charge in [0.15, 0.2) is 5.82 Å². The maximum absolute atomic E-state index is 13.9. The Hall–Kier alpha value is -3.69. The highest BCUT2D eigenvalue weighted by Gasteiger charge is 2.18. The molecule has 0 aromatic carbocycles. The van der Waals surface area contributed by atoms with Crippen LogP contribution in [0.3, 0.4) is 0 Å². The van der Waals surface area contributed by atoms with Crippen LogP contribution in [0.4, 0.5) is 8.78 Å². The first-order chi connectivity index (χ1) is 12.6. The topological polar surface area (TPSA) is 103 Å². The van der Waals surface area contributed by atoms with Crippen LogP contribution in [-0.4, -0.2) is 35.0 Å². The summed E-state index contributed by atoms with van der Waals surface area (Å²) in [6.45, 7) is 0.0645. The van der Waals surface area contributed by atoms with Crippen molar-refractivity contribution in [3.63, 3.8) is 0 Å². The van der Waals surface area contributed by atoms with Crippen LogP contribution in [-0.2, 0) is 6.54 Å². The maximum atomic E-state index is 13.9. The molecule has 0 unspecified atom stereocenters. The summed E-state index contributed by atoms with van der Waals surface area (Å²) in [4.78, 5) is 11.1. The molecule has 0 aliphatic carbocycles. The molecule has 130 valence electrons. The monoisotopic (exact) mass is 356 g/mol. The number of hydrogen-bond donors (Lipinski definition) is 1. The van der Waals surface area contributed by atoms with E-state index in [1.54, 1.807) is 24.3 Å². The molecular formula is C16H10F2N6O2. The molecule has 0 bridgehead atoms. The number of pyridine rings is 1. The van der Waals surface area contributed by atoms with Crippen molar-refractivity contribution in [2.75, 3.05) is 0 Å². The summed E-state index contributed by atoms with van der Waals surface area (Å²) in [6, 6.07) is 6.38. The predicted octanol–water partition coefficient (Wildman–Crippen LogP) is 2.42. The van der Waals surface area contributed by atoms with E-state index in [9.17, 15) is 13.9 Å². The number of halogens is 2. The third kappa shape index (κ3) is 2.88. The largest absolute Gasteiger partial charge is 0.491 e. The Morgan fingerprint density at radius 1 is 1.15 bits per heavy atom. The first kappa shape index (κ1) is 15.8. The molecule has 10 heteroatoms. The molecule has 0 atom stereocenters. The van der Waals surface area contributed by atoms with Crippen LogP contribution in [0.2, 0.25) is 0 Å². The number of nitrogens with zero attached hydrogens (tertiary/aromatic N) is 6. The first-order valence-corrected chi connectivity index (χ1v) is 7.41. The third-order valence-electron chi connectivity index (χ3n) is 3.59. The van der Waals surface area contributed by atoms with E-state index in [2.05, 4.69) is 25.2 Å². The van der Waals surface area contributed by atoms with Crippen molar-refractivity contribution in [1.82, 2.24) is 29.9 Å². The summed E-state index contributed by atoms with van der Waals surface area (Å²) in [7, 11) is 0. The quantitative estimate of drug-likeness (QED) is 0.560. The molecule has 0 radical (unpaired) electrons.